The highest BCUT2D eigenvalue weighted by molar-refractivity contribution is 9.11. The van der Waals surface area contributed by atoms with Crippen LogP contribution in [0.25, 0.3) is 63.5 Å². The summed E-state index contributed by atoms with van der Waals surface area (Å²) in [6, 6.07) is 46.6. The maximum absolute atomic E-state index is 13.7. The fourth-order valence-electron chi connectivity index (χ4n) is 16.1. The molecule has 3 fully saturated rings. The highest BCUT2D eigenvalue weighted by Crippen LogP contribution is 2.46. The minimum absolute atomic E-state index is 0.00176. The number of halogens is 11. The predicted molar refractivity (Wildman–Crippen MR) is 547 cm³/mol. The standard InChI is InChI=1S/C24H23BrClN3O.C19H27BN2O3.C19H13BrCl2N2O.C19H14BrClN2O2.C13H15NO.C7H2BrCl2FO/c1-15(2)16-9-5-6-10-20(16)29-21-14-18(25)19(26)13-17(21)23(22(27-3)24(29)30)28-11-7-4-8-12-28;1-13-9-10-15-14(12-21-22(15)16-8-6-7-11-23-16)17(13)20-24-18(2,3)19(4,5)25-20;1-10(2)11-6-4-5-7-15(11)24-16-9-13(20)14(21)8-12(16)17(22)18(23-3)19(24)25;1-10(2)11-6-4-5-7-15(11)23-16-9-13(20)14(21)8-12(16)18(24)17(22-3)19(23)25;1-10(2)13-7-5-4-6-11(13)8-12(15)9-14-3;8-4-2-6(11)3(7(10)12)1-5(4)9/h5-6,9-10,13-15H,4,7-8,11-12H2,1-2H3;9-10,12,16H,6-8,11H2,1-5H3;4-10H,1-2H3;4-10,17H,1-2H3;4-7,10H,8-9H2,1-2H3;1-2H. The van der Waals surface area contributed by atoms with E-state index in [4.69, 9.17) is 110 Å². The van der Waals surface area contributed by atoms with Crippen LogP contribution in [-0.4, -0.2) is 92.2 Å². The number of ketones is 2. The van der Waals surface area contributed by atoms with Gasteiger partial charge in [0.25, 0.3) is 40.1 Å². The first-order valence-electron chi connectivity index (χ1n) is 42.7. The molecule has 16 rings (SSSR count). The molecule has 31 heteroatoms. The Morgan fingerprint density at radius 1 is 0.561 bits per heavy atom. The molecular weight excluding hydrogens is 2060 g/mol. The van der Waals surface area contributed by atoms with Crippen molar-refractivity contribution in [2.45, 2.75) is 182 Å². The van der Waals surface area contributed by atoms with Crippen molar-refractivity contribution in [3.63, 3.8) is 0 Å². The van der Waals surface area contributed by atoms with Gasteiger partial charge in [-0.2, -0.15) is 5.10 Å². The van der Waals surface area contributed by atoms with E-state index in [1.807, 2.05) is 134 Å². The summed E-state index contributed by atoms with van der Waals surface area (Å²) in [4.78, 5) is 91.3. The zero-order chi connectivity index (χ0) is 96.4. The van der Waals surface area contributed by atoms with Crippen LogP contribution < -0.4 is 26.4 Å². The van der Waals surface area contributed by atoms with E-state index in [0.717, 1.165) is 128 Å². The fourth-order valence-corrected chi connectivity index (χ4v) is 18.5. The van der Waals surface area contributed by atoms with E-state index in [2.05, 4.69) is 181 Å². The van der Waals surface area contributed by atoms with Crippen molar-refractivity contribution in [1.29, 1.82) is 0 Å². The van der Waals surface area contributed by atoms with Gasteiger partial charge in [0.2, 0.25) is 5.78 Å². The Hall–Kier alpha value is -9.36. The van der Waals surface area contributed by atoms with Crippen LogP contribution in [0.4, 0.5) is 32.8 Å². The summed E-state index contributed by atoms with van der Waals surface area (Å²) in [5.41, 5.74) is 12.1. The van der Waals surface area contributed by atoms with Gasteiger partial charge in [0.1, 0.15) is 5.82 Å². The van der Waals surface area contributed by atoms with Crippen LogP contribution in [0.2, 0.25) is 25.1 Å². The molecule has 0 saturated carbocycles. The Morgan fingerprint density at radius 2 is 1.05 bits per heavy atom. The molecule has 1 amide bonds. The number of fused-ring (bicyclic) bond motifs is 4. The number of aryl methyl sites for hydroxylation is 1. The van der Waals surface area contributed by atoms with Crippen LogP contribution in [0, 0.1) is 39.0 Å². The molecule has 2 unspecified atom stereocenters. The molecule has 682 valence electrons. The highest BCUT2D eigenvalue weighted by atomic mass is 79.9. The first-order valence-corrected chi connectivity index (χ1v) is 48.1. The van der Waals surface area contributed by atoms with Gasteiger partial charge in [0.15, 0.2) is 6.23 Å². The largest absolute Gasteiger partial charge is 0.495 e. The third-order valence-corrected chi connectivity index (χ3v) is 28.8. The number of anilines is 3. The number of pyridine rings is 2. The second kappa shape index (κ2) is 44.9. The number of carbonyl (C=O) groups excluding carboxylic acids is 4. The third kappa shape index (κ3) is 22.6. The summed E-state index contributed by atoms with van der Waals surface area (Å²) < 4.78 is 39.0. The lowest BCUT2D eigenvalue weighted by Gasteiger charge is -2.32. The molecule has 0 aliphatic carbocycles. The summed E-state index contributed by atoms with van der Waals surface area (Å²) in [5.74, 6) is -0.700. The van der Waals surface area contributed by atoms with E-state index >= 15 is 0 Å². The molecule has 0 bridgehead atoms. The van der Waals surface area contributed by atoms with Crippen LogP contribution >= 0.6 is 133 Å². The Morgan fingerprint density at radius 3 is 1.57 bits per heavy atom. The van der Waals surface area contributed by atoms with E-state index in [-0.39, 0.29) is 92.7 Å². The SMILES string of the molecule is Cc1ccc2c(cnn2C2CCCCO2)c1B1OC(C)(C)C(C)(C)O1.O=C(Cl)c1cc(Cl)c(Br)cc1F.[C-]#[N+]C1C(=O)c2cc(Cl)c(Br)cc2N(c2ccccc2C(C)C)C1=O.[C-]#[N+]CC(=O)Cc1ccccc1C(C)C.[C-]#[N+]c1c(Cl)c2cc(Cl)c(Br)cc2n(-c2ccccc2C(C)C)c1=O.[C-]#[N+]c1c(N2CCCCC2)c2cc(Cl)c(Br)cc2n(-c2ccccc2C(C)C)c1=O. The first kappa shape index (κ1) is 103. The van der Waals surface area contributed by atoms with Gasteiger partial charge in [-0.15, -0.1) is 0 Å². The van der Waals surface area contributed by atoms with Gasteiger partial charge >= 0.3 is 19.1 Å². The van der Waals surface area contributed by atoms with E-state index < -0.39 is 34.4 Å². The lowest BCUT2D eigenvalue weighted by molar-refractivity contribution is -0.118. The van der Waals surface area contributed by atoms with Crippen molar-refractivity contribution in [3.8, 4) is 11.4 Å². The Kier molecular flexibility index (Phi) is 35.1. The van der Waals surface area contributed by atoms with Crippen molar-refractivity contribution >= 4 is 230 Å². The maximum Gasteiger partial charge on any atom is 0.495 e. The number of para-hydroxylation sites is 3. The number of carbonyl (C=O) groups is 4. The first-order chi connectivity index (χ1) is 62.6. The Bertz CT molecular complexity index is 6770. The molecular formula is C101H94BBr4Cl6FN10O9. The number of amides is 1. The van der Waals surface area contributed by atoms with Crippen LogP contribution in [-0.2, 0) is 30.1 Å². The van der Waals surface area contributed by atoms with Crippen molar-refractivity contribution in [2.24, 2.45) is 0 Å². The molecule has 3 saturated heterocycles. The van der Waals surface area contributed by atoms with Crippen molar-refractivity contribution in [1.82, 2.24) is 18.9 Å². The minimum atomic E-state index is -1.38. The molecule has 0 N–H and O–H groups in total. The van der Waals surface area contributed by atoms with Crippen molar-refractivity contribution < 1.29 is 37.6 Å². The van der Waals surface area contributed by atoms with Gasteiger partial charge in [-0.3, -0.25) is 47.6 Å². The van der Waals surface area contributed by atoms with Crippen LogP contribution in [0.1, 0.15) is 206 Å². The van der Waals surface area contributed by atoms with Crippen molar-refractivity contribution in [2.75, 3.05) is 36.0 Å². The number of benzene rings is 9. The molecule has 2 atom stereocenters. The normalized spacial score (nSPS) is 15.4. The summed E-state index contributed by atoms with van der Waals surface area (Å²) in [5, 5.41) is 8.06. The molecule has 4 aliphatic heterocycles. The Balaban J connectivity index is 0.000000156. The summed E-state index contributed by atoms with van der Waals surface area (Å²) >= 11 is 49.1. The fraction of sp³-hybridized carbons (Fsp3) is 0.317. The Labute approximate surface area is 832 Å². The number of piperidine rings is 1. The monoisotopic (exact) mass is 2150 g/mol. The number of rotatable bonds is 14. The smallest absolute Gasteiger partial charge is 0.399 e. The second-order valence-electron chi connectivity index (χ2n) is 34.1. The molecule has 0 radical (unpaired) electrons. The van der Waals surface area contributed by atoms with Gasteiger partial charge in [0, 0.05) is 60.2 Å². The predicted octanol–water partition coefficient (Wildman–Crippen LogP) is 29.0. The summed E-state index contributed by atoms with van der Waals surface area (Å²) in [6.07, 6.45) is 8.96. The zero-order valence-corrected chi connectivity index (χ0v) is 85.6. The molecule has 3 aromatic heterocycles. The molecule has 12 aromatic rings. The number of ether oxygens (including phenoxy) is 1. The number of hydrogen-bond acceptors (Lipinski definition) is 11. The number of nitrogens with zero attached hydrogens (tertiary/aromatic N) is 10. The average molecular weight is 2150 g/mol. The van der Waals surface area contributed by atoms with Gasteiger partial charge in [-0.25, -0.2) is 31.9 Å². The molecule has 7 heterocycles. The number of aromatic nitrogens is 4. The topological polar surface area (TPSA) is 182 Å². The number of Topliss-reactive ketones (excluding diaryl/α,β-unsaturated/α-hetero) is 2. The number of hydrogen-bond donors (Lipinski definition) is 0. The second-order valence-corrected chi connectivity index (χ2v) is 39.9. The quantitative estimate of drug-likeness (QED) is 0.0332. The van der Waals surface area contributed by atoms with E-state index in [1.165, 1.54) is 35.4 Å². The van der Waals surface area contributed by atoms with Crippen LogP contribution in [0.15, 0.2) is 191 Å². The van der Waals surface area contributed by atoms with E-state index in [9.17, 15) is 33.2 Å². The lowest BCUT2D eigenvalue weighted by atomic mass is 9.74. The molecule has 4 aliphatic rings. The van der Waals surface area contributed by atoms with Gasteiger partial charge in [0.05, 0.1) is 112 Å². The average Bonchev–Trinajstić information content (AvgIpc) is 1.20. The lowest BCUT2D eigenvalue weighted by Crippen LogP contribution is -2.44. The summed E-state index contributed by atoms with van der Waals surface area (Å²) in [7, 11) is -0.376. The molecule has 19 nitrogen and oxygen atoms in total. The van der Waals surface area contributed by atoms with Gasteiger partial charge in [-0.05, 0) is 278 Å². The van der Waals surface area contributed by atoms with E-state index in [0.29, 0.717) is 63.1 Å². The molecule has 132 heavy (non-hydrogen) atoms. The van der Waals surface area contributed by atoms with E-state index in [1.54, 1.807) is 27.3 Å². The van der Waals surface area contributed by atoms with Gasteiger partial charge in [-0.1, -0.05) is 204 Å². The van der Waals surface area contributed by atoms with Crippen LogP contribution in [0.5, 0.6) is 0 Å². The minimum Gasteiger partial charge on any atom is -0.399 e. The third-order valence-electron chi connectivity index (χ3n) is 23.5. The zero-order valence-electron chi connectivity index (χ0n) is 74.7. The molecule has 9 aromatic carbocycles. The van der Waals surface area contributed by atoms with Crippen LogP contribution in [0.3, 0.4) is 0 Å². The highest BCUT2D eigenvalue weighted by Gasteiger charge is 2.53. The maximum atomic E-state index is 13.7. The van der Waals surface area contributed by atoms with Gasteiger partial charge < -0.3 is 23.8 Å². The molecule has 0 spiro atoms. The van der Waals surface area contributed by atoms with Crippen molar-refractivity contribution in [3.05, 3.63) is 324 Å². The summed E-state index contributed by atoms with van der Waals surface area (Å²) in [6.45, 7) is 58.7.